The third-order valence-electron chi connectivity index (χ3n) is 2.47. The molecule has 0 heterocycles. The van der Waals surface area contributed by atoms with Crippen LogP contribution in [0.5, 0.6) is 0 Å². The Morgan fingerprint density at radius 2 is 1.36 bits per heavy atom. The molecular formula is C10H17O3P. The van der Waals surface area contributed by atoms with E-state index in [4.69, 9.17) is 0 Å². The zero-order chi connectivity index (χ0) is 11.1. The summed E-state index contributed by atoms with van der Waals surface area (Å²) in [6.45, 7) is 4.83. The minimum atomic E-state index is -4.76. The van der Waals surface area contributed by atoms with Crippen molar-refractivity contribution in [2.75, 3.05) is 0 Å². The first-order chi connectivity index (χ1) is 6.14. The van der Waals surface area contributed by atoms with Gasteiger partial charge in [0.05, 0.1) is 0 Å². The third kappa shape index (κ3) is 1.69. The van der Waals surface area contributed by atoms with Crippen LogP contribution in [-0.2, 0) is 0 Å². The van der Waals surface area contributed by atoms with Crippen LogP contribution in [0.4, 0.5) is 0 Å². The molecule has 80 valence electrons. The Kier molecular flexibility index (Phi) is 2.49. The minimum absolute atomic E-state index is 0.200. The Morgan fingerprint density at radius 1 is 0.929 bits per heavy atom. The summed E-state index contributed by atoms with van der Waals surface area (Å²) in [5.41, 5.74) is 0. The van der Waals surface area contributed by atoms with Crippen LogP contribution in [0, 0.1) is 0 Å². The fraction of sp³-hybridized carbons (Fsp3) is 0.400. The zero-order valence-corrected chi connectivity index (χ0v) is 9.57. The number of benzene rings is 1. The van der Waals surface area contributed by atoms with E-state index in [2.05, 4.69) is 0 Å². The predicted octanol–water partition coefficient (Wildman–Crippen LogP) is 1.39. The second-order valence-corrected chi connectivity index (χ2v) is 8.30. The maximum atomic E-state index is 10.0. The Morgan fingerprint density at radius 3 is 1.71 bits per heavy atom. The summed E-state index contributed by atoms with van der Waals surface area (Å²) in [5, 5.41) is -0.765. The molecule has 0 amide bonds. The molecule has 0 spiro atoms. The fourth-order valence-corrected chi connectivity index (χ4v) is 2.59. The van der Waals surface area contributed by atoms with Crippen LogP contribution >= 0.6 is 7.28 Å². The summed E-state index contributed by atoms with van der Waals surface area (Å²) in [6.07, 6.45) is 0. The first-order valence-electron chi connectivity index (χ1n) is 4.46. The zero-order valence-electron chi connectivity index (χ0n) is 8.68. The molecule has 0 radical (unpaired) electrons. The monoisotopic (exact) mass is 216 g/mol. The second-order valence-electron chi connectivity index (χ2n) is 4.49. The average molecular weight is 216 g/mol. The van der Waals surface area contributed by atoms with Gasteiger partial charge in [-0.3, -0.25) is 0 Å². The van der Waals surface area contributed by atoms with Crippen LogP contribution in [0.2, 0.25) is 0 Å². The number of hydrogen-bond acceptors (Lipinski definition) is 3. The van der Waals surface area contributed by atoms with Gasteiger partial charge in [-0.25, -0.2) is 0 Å². The molecule has 0 saturated carbocycles. The molecule has 1 aromatic carbocycles. The molecule has 0 aliphatic heterocycles. The maximum absolute atomic E-state index is 10.0. The van der Waals surface area contributed by atoms with Gasteiger partial charge in [0.15, 0.2) is 0 Å². The van der Waals surface area contributed by atoms with Gasteiger partial charge in [0.1, 0.15) is 0 Å². The first kappa shape index (κ1) is 11.6. The van der Waals surface area contributed by atoms with Gasteiger partial charge in [-0.15, -0.1) is 0 Å². The molecule has 0 aliphatic carbocycles. The molecule has 14 heavy (non-hydrogen) atoms. The Labute approximate surface area is 84.2 Å². The molecule has 0 unspecified atom stereocenters. The van der Waals surface area contributed by atoms with Crippen molar-refractivity contribution in [1.29, 1.82) is 0 Å². The SMILES string of the molecule is CC(C)(C)P(O)(O)(O)c1ccccc1. The molecule has 4 heteroatoms. The molecule has 3 nitrogen and oxygen atoms in total. The number of hydrogen-bond donors (Lipinski definition) is 3. The van der Waals surface area contributed by atoms with Gasteiger partial charge < -0.3 is 0 Å². The van der Waals surface area contributed by atoms with Gasteiger partial charge in [0.2, 0.25) is 0 Å². The third-order valence-corrected chi connectivity index (χ3v) is 6.19. The normalized spacial score (nSPS) is 16.0. The summed E-state index contributed by atoms with van der Waals surface area (Å²) in [6, 6.07) is 8.17. The summed E-state index contributed by atoms with van der Waals surface area (Å²) in [5.74, 6) is 0. The van der Waals surface area contributed by atoms with Crippen LogP contribution < -0.4 is 5.30 Å². The molecule has 0 aromatic heterocycles. The van der Waals surface area contributed by atoms with Crippen molar-refractivity contribution in [1.82, 2.24) is 0 Å². The molecule has 0 aliphatic rings. The van der Waals surface area contributed by atoms with E-state index in [-0.39, 0.29) is 5.30 Å². The predicted molar refractivity (Wildman–Crippen MR) is 59.4 cm³/mol. The average Bonchev–Trinajstić information content (AvgIpc) is 2.03. The van der Waals surface area contributed by atoms with Gasteiger partial charge in [-0.05, 0) is 0 Å². The molecule has 0 bridgehead atoms. The Bertz CT molecular complexity index is 319. The molecule has 1 rings (SSSR count). The van der Waals surface area contributed by atoms with E-state index in [0.29, 0.717) is 0 Å². The van der Waals surface area contributed by atoms with E-state index in [9.17, 15) is 14.7 Å². The van der Waals surface area contributed by atoms with E-state index < -0.39 is 12.4 Å². The molecule has 0 saturated heterocycles. The van der Waals surface area contributed by atoms with Crippen LogP contribution in [0.3, 0.4) is 0 Å². The molecular weight excluding hydrogens is 199 g/mol. The van der Waals surface area contributed by atoms with Crippen LogP contribution in [0.1, 0.15) is 20.8 Å². The van der Waals surface area contributed by atoms with Gasteiger partial charge in [-0.2, -0.15) is 0 Å². The summed E-state index contributed by atoms with van der Waals surface area (Å²) >= 11 is 0. The van der Waals surface area contributed by atoms with E-state index >= 15 is 0 Å². The fourth-order valence-electron chi connectivity index (χ4n) is 1.09. The van der Waals surface area contributed by atoms with E-state index in [1.54, 1.807) is 39.0 Å². The topological polar surface area (TPSA) is 60.7 Å². The van der Waals surface area contributed by atoms with Crippen molar-refractivity contribution in [2.24, 2.45) is 0 Å². The first-order valence-corrected chi connectivity index (χ1v) is 6.55. The Balaban J connectivity index is 3.32. The van der Waals surface area contributed by atoms with Crippen molar-refractivity contribution >= 4 is 12.6 Å². The van der Waals surface area contributed by atoms with Gasteiger partial charge in [0.25, 0.3) is 0 Å². The van der Waals surface area contributed by atoms with Crippen molar-refractivity contribution in [3.8, 4) is 0 Å². The Hall–Kier alpha value is -0.470. The molecule has 3 N–H and O–H groups in total. The van der Waals surface area contributed by atoms with Crippen molar-refractivity contribution in [3.05, 3.63) is 30.3 Å². The van der Waals surface area contributed by atoms with Crippen LogP contribution in [0.15, 0.2) is 30.3 Å². The van der Waals surface area contributed by atoms with Gasteiger partial charge in [-0.1, -0.05) is 0 Å². The summed E-state index contributed by atoms with van der Waals surface area (Å²) in [4.78, 5) is 30.1. The van der Waals surface area contributed by atoms with Gasteiger partial charge in [0, 0.05) is 0 Å². The quantitative estimate of drug-likeness (QED) is 0.621. The standard InChI is InChI=1S/C10H17O3P/c1-10(2,3)14(11,12,13)9-7-5-4-6-8-9/h4-8,11-13H,1-3H3. The van der Waals surface area contributed by atoms with Crippen LogP contribution in [0.25, 0.3) is 0 Å². The summed E-state index contributed by atoms with van der Waals surface area (Å²) in [7, 11) is -4.76. The van der Waals surface area contributed by atoms with Gasteiger partial charge >= 0.3 is 83.5 Å². The number of rotatable bonds is 1. The van der Waals surface area contributed by atoms with E-state index in [1.165, 1.54) is 12.1 Å². The van der Waals surface area contributed by atoms with E-state index in [1.807, 2.05) is 0 Å². The molecule has 0 fully saturated rings. The molecule has 1 aromatic rings. The van der Waals surface area contributed by atoms with Crippen LogP contribution in [-0.4, -0.2) is 19.8 Å². The van der Waals surface area contributed by atoms with Crippen molar-refractivity contribution in [3.63, 3.8) is 0 Å². The summed E-state index contributed by atoms with van der Waals surface area (Å²) < 4.78 is 0. The van der Waals surface area contributed by atoms with Crippen molar-refractivity contribution in [2.45, 2.75) is 25.9 Å². The van der Waals surface area contributed by atoms with Crippen molar-refractivity contribution < 1.29 is 14.7 Å². The second kappa shape index (κ2) is 3.01. The van der Waals surface area contributed by atoms with E-state index in [0.717, 1.165) is 0 Å². The molecule has 0 atom stereocenters.